The minimum atomic E-state index is -1.02. The second-order valence-corrected chi connectivity index (χ2v) is 8.07. The summed E-state index contributed by atoms with van der Waals surface area (Å²) in [5.74, 6) is -1.56. The second kappa shape index (κ2) is 11.9. The summed E-state index contributed by atoms with van der Waals surface area (Å²) in [6, 6.07) is 17.8. The van der Waals surface area contributed by atoms with E-state index in [2.05, 4.69) is 0 Å². The van der Waals surface area contributed by atoms with Gasteiger partial charge in [-0.1, -0.05) is 42.5 Å². The van der Waals surface area contributed by atoms with Crippen LogP contribution in [0.4, 0.5) is 0 Å². The number of para-hydroxylation sites is 2. The Hall–Kier alpha value is -4.27. The van der Waals surface area contributed by atoms with Crippen molar-refractivity contribution in [3.05, 3.63) is 84.1 Å². The predicted molar refractivity (Wildman–Crippen MR) is 126 cm³/mol. The molecular weight excluding hydrogens is 468 g/mol. The fraction of sp³-hybridized carbons (Fsp3) is 0.296. The van der Waals surface area contributed by atoms with Crippen LogP contribution in [0.1, 0.15) is 6.42 Å². The maximum Gasteiger partial charge on any atom is 0.347 e. The first kappa shape index (κ1) is 24.8. The Morgan fingerprint density at radius 2 is 1.50 bits per heavy atom. The van der Waals surface area contributed by atoms with E-state index in [-0.39, 0.29) is 25.7 Å². The predicted octanol–water partition coefficient (Wildman–Crippen LogP) is 3.21. The van der Waals surface area contributed by atoms with Crippen LogP contribution in [0.5, 0.6) is 11.5 Å². The molecule has 0 fully saturated rings. The standard InChI is InChI=1S/C27H26O9/c1-31-26(30)22-15-35-27(36-24(29)17-33-20-10-6-3-7-11-20)25-18(12-13-21(22)25)14-34-23(28)16-32-19-8-4-2-5-9-19/h2-12,15,21,25,27H,13-14,16-17H2,1H3/t21?,25?,27-/m0/s1. The van der Waals surface area contributed by atoms with E-state index in [1.54, 1.807) is 48.5 Å². The molecule has 0 bridgehead atoms. The molecule has 2 aromatic carbocycles. The van der Waals surface area contributed by atoms with Gasteiger partial charge in [-0.2, -0.15) is 0 Å². The summed E-state index contributed by atoms with van der Waals surface area (Å²) < 4.78 is 32.3. The van der Waals surface area contributed by atoms with Crippen LogP contribution in [-0.2, 0) is 33.3 Å². The van der Waals surface area contributed by atoms with Crippen molar-refractivity contribution in [3.63, 3.8) is 0 Å². The van der Waals surface area contributed by atoms with E-state index in [1.807, 2.05) is 18.2 Å². The number of ether oxygens (including phenoxy) is 6. The van der Waals surface area contributed by atoms with Crippen LogP contribution in [0, 0.1) is 11.8 Å². The van der Waals surface area contributed by atoms with Gasteiger partial charge >= 0.3 is 17.9 Å². The zero-order valence-electron chi connectivity index (χ0n) is 19.7. The number of benzene rings is 2. The van der Waals surface area contributed by atoms with Gasteiger partial charge in [-0.25, -0.2) is 14.4 Å². The number of methoxy groups -OCH3 is 1. The van der Waals surface area contributed by atoms with Crippen molar-refractivity contribution >= 4 is 17.9 Å². The van der Waals surface area contributed by atoms with Crippen LogP contribution in [0.15, 0.2) is 84.1 Å². The molecular formula is C27H26O9. The third kappa shape index (κ3) is 6.24. The van der Waals surface area contributed by atoms with Crippen LogP contribution in [0.3, 0.4) is 0 Å². The summed E-state index contributed by atoms with van der Waals surface area (Å²) >= 11 is 0. The molecule has 9 nitrogen and oxygen atoms in total. The highest BCUT2D eigenvalue weighted by molar-refractivity contribution is 5.89. The molecule has 0 N–H and O–H groups in total. The highest BCUT2D eigenvalue weighted by Gasteiger charge is 2.46. The molecule has 188 valence electrons. The largest absolute Gasteiger partial charge is 0.482 e. The number of fused-ring (bicyclic) bond motifs is 1. The van der Waals surface area contributed by atoms with Gasteiger partial charge < -0.3 is 28.4 Å². The van der Waals surface area contributed by atoms with Crippen LogP contribution in [0.25, 0.3) is 0 Å². The van der Waals surface area contributed by atoms with E-state index in [0.29, 0.717) is 29.1 Å². The number of rotatable bonds is 10. The maximum atomic E-state index is 12.5. The lowest BCUT2D eigenvalue weighted by Crippen LogP contribution is -2.39. The van der Waals surface area contributed by atoms with Crippen LogP contribution < -0.4 is 9.47 Å². The van der Waals surface area contributed by atoms with Gasteiger partial charge in [0.05, 0.1) is 24.9 Å². The molecule has 1 aliphatic heterocycles. The van der Waals surface area contributed by atoms with Gasteiger partial charge in [0.1, 0.15) is 18.1 Å². The van der Waals surface area contributed by atoms with Crippen molar-refractivity contribution < 1.29 is 42.8 Å². The molecule has 4 rings (SSSR count). The molecule has 0 saturated heterocycles. The average Bonchev–Trinajstić information content (AvgIpc) is 3.35. The molecule has 3 atom stereocenters. The lowest BCUT2D eigenvalue weighted by atomic mass is 9.83. The van der Waals surface area contributed by atoms with E-state index in [4.69, 9.17) is 28.4 Å². The normalized spacial score (nSPS) is 20.1. The monoisotopic (exact) mass is 494 g/mol. The van der Waals surface area contributed by atoms with Crippen molar-refractivity contribution in [3.8, 4) is 11.5 Å². The minimum absolute atomic E-state index is 0.0650. The lowest BCUT2D eigenvalue weighted by Gasteiger charge is -2.34. The number of hydrogen-bond acceptors (Lipinski definition) is 9. The number of esters is 3. The molecule has 0 aromatic heterocycles. The molecule has 9 heteroatoms. The zero-order chi connectivity index (χ0) is 25.3. The molecule has 2 unspecified atom stereocenters. The van der Waals surface area contributed by atoms with E-state index < -0.39 is 30.1 Å². The maximum absolute atomic E-state index is 12.5. The third-order valence-electron chi connectivity index (χ3n) is 5.79. The fourth-order valence-electron chi connectivity index (χ4n) is 4.08. The minimum Gasteiger partial charge on any atom is -0.482 e. The zero-order valence-corrected chi connectivity index (χ0v) is 19.7. The van der Waals surface area contributed by atoms with Gasteiger partial charge in [0.15, 0.2) is 13.2 Å². The molecule has 2 aromatic rings. The third-order valence-corrected chi connectivity index (χ3v) is 5.79. The van der Waals surface area contributed by atoms with Gasteiger partial charge in [0.25, 0.3) is 6.29 Å². The lowest BCUT2D eigenvalue weighted by molar-refractivity contribution is -0.185. The van der Waals surface area contributed by atoms with Gasteiger partial charge in [-0.15, -0.1) is 0 Å². The molecule has 1 aliphatic carbocycles. The summed E-state index contributed by atoms with van der Waals surface area (Å²) in [4.78, 5) is 37.0. The molecule has 2 aliphatic rings. The van der Waals surface area contributed by atoms with E-state index in [0.717, 1.165) is 0 Å². The fourth-order valence-corrected chi connectivity index (χ4v) is 4.08. The van der Waals surface area contributed by atoms with Crippen molar-refractivity contribution in [1.82, 2.24) is 0 Å². The topological polar surface area (TPSA) is 107 Å². The Kier molecular flexibility index (Phi) is 8.23. The van der Waals surface area contributed by atoms with Crippen molar-refractivity contribution in [1.29, 1.82) is 0 Å². The van der Waals surface area contributed by atoms with Crippen LogP contribution in [-0.4, -0.2) is 51.1 Å². The first-order valence-electron chi connectivity index (χ1n) is 11.4. The molecule has 1 heterocycles. The van der Waals surface area contributed by atoms with Gasteiger partial charge in [-0.05, 0) is 36.3 Å². The molecule has 0 amide bonds. The molecule has 0 saturated carbocycles. The number of hydrogen-bond donors (Lipinski definition) is 0. The summed E-state index contributed by atoms with van der Waals surface area (Å²) in [7, 11) is 1.28. The Bertz CT molecular complexity index is 1120. The Labute approximate surface area is 208 Å². The highest BCUT2D eigenvalue weighted by atomic mass is 16.7. The summed E-state index contributed by atoms with van der Waals surface area (Å²) in [5, 5.41) is 0. The summed E-state index contributed by atoms with van der Waals surface area (Å²) in [6.45, 7) is -0.644. The van der Waals surface area contributed by atoms with Crippen molar-refractivity contribution in [2.24, 2.45) is 11.8 Å². The second-order valence-electron chi connectivity index (χ2n) is 8.07. The Balaban J connectivity index is 1.37. The van der Waals surface area contributed by atoms with Gasteiger partial charge in [0.2, 0.25) is 0 Å². The number of allylic oxidation sites excluding steroid dienone is 1. The first-order valence-corrected chi connectivity index (χ1v) is 11.4. The first-order chi connectivity index (χ1) is 17.5. The van der Waals surface area contributed by atoms with E-state index >= 15 is 0 Å². The summed E-state index contributed by atoms with van der Waals surface area (Å²) in [5.41, 5.74) is 0.990. The number of carbonyl (C=O) groups is 3. The average molecular weight is 494 g/mol. The van der Waals surface area contributed by atoms with Crippen molar-refractivity contribution in [2.75, 3.05) is 26.9 Å². The van der Waals surface area contributed by atoms with Crippen LogP contribution in [0.2, 0.25) is 0 Å². The highest BCUT2D eigenvalue weighted by Crippen LogP contribution is 2.43. The van der Waals surface area contributed by atoms with E-state index in [1.165, 1.54) is 13.4 Å². The summed E-state index contributed by atoms with van der Waals surface area (Å²) in [6.07, 6.45) is 2.56. The molecule has 0 spiro atoms. The van der Waals surface area contributed by atoms with Gasteiger partial charge in [0, 0.05) is 5.92 Å². The van der Waals surface area contributed by atoms with Gasteiger partial charge in [-0.3, -0.25) is 0 Å². The number of carbonyl (C=O) groups excluding carboxylic acids is 3. The smallest absolute Gasteiger partial charge is 0.347 e. The van der Waals surface area contributed by atoms with E-state index in [9.17, 15) is 14.4 Å². The molecule has 36 heavy (non-hydrogen) atoms. The Morgan fingerprint density at radius 3 is 2.11 bits per heavy atom. The quantitative estimate of drug-likeness (QED) is 0.280. The molecule has 0 radical (unpaired) electrons. The Morgan fingerprint density at radius 1 is 0.889 bits per heavy atom. The van der Waals surface area contributed by atoms with Crippen LogP contribution >= 0.6 is 0 Å². The van der Waals surface area contributed by atoms with Crippen molar-refractivity contribution in [2.45, 2.75) is 12.7 Å². The SMILES string of the molecule is COC(=O)C1=CO[C@@H](OC(=O)COc2ccccc2)C2C(COC(=O)COc3ccccc3)=CCC12.